The molecular weight excluding hydrogens is 301 g/mol. The average molecular weight is 309 g/mol. The number of ether oxygens (including phenoxy) is 1. The summed E-state index contributed by atoms with van der Waals surface area (Å²) in [6.07, 6.45) is -4.75. The normalized spacial score (nSPS) is 13.9. The number of hydrogen-bond donors (Lipinski definition) is 1. The molecule has 0 radical (unpaired) electrons. The molecule has 0 saturated carbocycles. The van der Waals surface area contributed by atoms with Gasteiger partial charge in [0, 0.05) is 9.86 Å². The summed E-state index contributed by atoms with van der Waals surface area (Å²) >= 11 is 3.21. The zero-order chi connectivity index (χ0) is 12.6. The fraction of sp³-hybridized carbons (Fsp3) is 0.300. The van der Waals surface area contributed by atoms with Crippen molar-refractivity contribution in [2.24, 2.45) is 0 Å². The van der Waals surface area contributed by atoms with E-state index < -0.39 is 12.3 Å². The van der Waals surface area contributed by atoms with Gasteiger partial charge in [-0.15, -0.1) is 0 Å². The van der Waals surface area contributed by atoms with E-state index in [1.165, 1.54) is 12.3 Å². The van der Waals surface area contributed by atoms with Crippen LogP contribution >= 0.6 is 15.9 Å². The van der Waals surface area contributed by atoms with E-state index >= 15 is 0 Å². The zero-order valence-electron chi connectivity index (χ0n) is 8.68. The molecule has 0 aliphatic rings. The number of alkyl halides is 3. The number of aromatic amines is 1. The number of aromatic nitrogens is 2. The van der Waals surface area contributed by atoms with Crippen LogP contribution in [-0.2, 0) is 0 Å². The summed E-state index contributed by atoms with van der Waals surface area (Å²) in [5, 5.41) is 7.06. The Morgan fingerprint density at radius 2 is 2.12 bits per heavy atom. The number of benzene rings is 1. The lowest BCUT2D eigenvalue weighted by molar-refractivity contribution is -0.189. The number of nitrogens with one attached hydrogen (secondary N) is 1. The minimum absolute atomic E-state index is 0.122. The maximum absolute atomic E-state index is 12.4. The number of nitrogens with zero attached hydrogens (tertiary/aromatic N) is 1. The molecule has 0 aliphatic carbocycles. The Balaban J connectivity index is 2.38. The van der Waals surface area contributed by atoms with Gasteiger partial charge in [-0.2, -0.15) is 18.3 Å². The van der Waals surface area contributed by atoms with Crippen molar-refractivity contribution in [3.63, 3.8) is 0 Å². The minimum Gasteiger partial charge on any atom is -0.479 e. The SMILES string of the molecule is CC(Oc1cc(Br)cc2cn[nH]c12)C(F)(F)F. The Hall–Kier alpha value is -1.24. The van der Waals surface area contributed by atoms with Crippen LogP contribution in [0.4, 0.5) is 13.2 Å². The predicted octanol–water partition coefficient (Wildman–Crippen LogP) is 3.66. The first-order chi connectivity index (χ1) is 7.88. The molecule has 1 aromatic heterocycles. The highest BCUT2D eigenvalue weighted by Gasteiger charge is 2.38. The fourth-order valence-corrected chi connectivity index (χ4v) is 1.79. The van der Waals surface area contributed by atoms with Gasteiger partial charge in [0.1, 0.15) is 11.3 Å². The molecule has 2 aromatic rings. The number of halogens is 4. The van der Waals surface area contributed by atoms with E-state index in [1.807, 2.05) is 0 Å². The van der Waals surface area contributed by atoms with Gasteiger partial charge in [0.25, 0.3) is 0 Å². The van der Waals surface area contributed by atoms with Gasteiger partial charge in [-0.25, -0.2) is 0 Å². The first kappa shape index (κ1) is 12.2. The summed E-state index contributed by atoms with van der Waals surface area (Å²) in [6.45, 7) is 0.961. The molecule has 3 nitrogen and oxygen atoms in total. The average Bonchev–Trinajstić information content (AvgIpc) is 2.63. The van der Waals surface area contributed by atoms with Crippen LogP contribution in [0.25, 0.3) is 10.9 Å². The van der Waals surface area contributed by atoms with Crippen molar-refractivity contribution in [3.8, 4) is 5.75 Å². The maximum atomic E-state index is 12.4. The minimum atomic E-state index is -4.39. The Morgan fingerprint density at radius 3 is 2.76 bits per heavy atom. The van der Waals surface area contributed by atoms with Crippen LogP contribution < -0.4 is 4.74 Å². The fourth-order valence-electron chi connectivity index (χ4n) is 1.34. The third-order valence-corrected chi connectivity index (χ3v) is 2.70. The van der Waals surface area contributed by atoms with Gasteiger partial charge in [0.05, 0.1) is 6.20 Å². The lowest BCUT2D eigenvalue weighted by Crippen LogP contribution is -2.31. The molecule has 0 spiro atoms. The third kappa shape index (κ3) is 2.54. The van der Waals surface area contributed by atoms with Crippen LogP contribution in [0.2, 0.25) is 0 Å². The Morgan fingerprint density at radius 1 is 1.41 bits per heavy atom. The molecule has 1 aromatic carbocycles. The molecule has 0 bridgehead atoms. The molecule has 0 saturated heterocycles. The van der Waals surface area contributed by atoms with Crippen LogP contribution in [0.5, 0.6) is 5.75 Å². The van der Waals surface area contributed by atoms with E-state index in [0.717, 1.165) is 6.92 Å². The van der Waals surface area contributed by atoms with E-state index in [1.54, 1.807) is 6.07 Å². The van der Waals surface area contributed by atoms with Gasteiger partial charge < -0.3 is 4.74 Å². The van der Waals surface area contributed by atoms with Crippen LogP contribution in [0, 0.1) is 0 Å². The molecule has 0 aliphatic heterocycles. The molecule has 1 heterocycles. The molecular formula is C10H8BrF3N2O. The molecule has 17 heavy (non-hydrogen) atoms. The van der Waals surface area contributed by atoms with E-state index in [0.29, 0.717) is 15.4 Å². The van der Waals surface area contributed by atoms with Gasteiger partial charge in [-0.3, -0.25) is 5.10 Å². The number of H-pyrrole nitrogens is 1. The van der Waals surface area contributed by atoms with Crippen LogP contribution in [0.3, 0.4) is 0 Å². The van der Waals surface area contributed by atoms with Crippen molar-refractivity contribution in [1.82, 2.24) is 10.2 Å². The molecule has 0 amide bonds. The quantitative estimate of drug-likeness (QED) is 0.919. The molecule has 1 unspecified atom stereocenters. The van der Waals surface area contributed by atoms with Crippen molar-refractivity contribution in [3.05, 3.63) is 22.8 Å². The number of rotatable bonds is 2. The van der Waals surface area contributed by atoms with E-state index in [9.17, 15) is 13.2 Å². The summed E-state index contributed by atoms with van der Waals surface area (Å²) in [4.78, 5) is 0. The van der Waals surface area contributed by atoms with Gasteiger partial charge in [-0.05, 0) is 19.1 Å². The van der Waals surface area contributed by atoms with E-state index in [2.05, 4.69) is 26.1 Å². The smallest absolute Gasteiger partial charge is 0.425 e. The van der Waals surface area contributed by atoms with E-state index in [4.69, 9.17) is 4.74 Å². The van der Waals surface area contributed by atoms with Gasteiger partial charge >= 0.3 is 6.18 Å². The molecule has 0 fully saturated rings. The summed E-state index contributed by atoms with van der Waals surface area (Å²) in [7, 11) is 0. The molecule has 7 heteroatoms. The number of hydrogen-bond acceptors (Lipinski definition) is 2. The summed E-state index contributed by atoms with van der Waals surface area (Å²) in [5.74, 6) is 0.122. The second-order valence-corrected chi connectivity index (χ2v) is 4.46. The third-order valence-electron chi connectivity index (χ3n) is 2.24. The van der Waals surface area contributed by atoms with Gasteiger partial charge in [0.15, 0.2) is 6.10 Å². The Bertz CT molecular complexity index is 538. The van der Waals surface area contributed by atoms with E-state index in [-0.39, 0.29) is 5.75 Å². The zero-order valence-corrected chi connectivity index (χ0v) is 10.3. The van der Waals surface area contributed by atoms with Gasteiger partial charge in [-0.1, -0.05) is 15.9 Å². The largest absolute Gasteiger partial charge is 0.479 e. The first-order valence-electron chi connectivity index (χ1n) is 4.74. The topological polar surface area (TPSA) is 37.9 Å². The van der Waals surface area contributed by atoms with Crippen LogP contribution in [0.1, 0.15) is 6.92 Å². The monoisotopic (exact) mass is 308 g/mol. The van der Waals surface area contributed by atoms with Crippen LogP contribution in [-0.4, -0.2) is 22.5 Å². The van der Waals surface area contributed by atoms with Crippen molar-refractivity contribution in [2.45, 2.75) is 19.2 Å². The summed E-state index contributed by atoms with van der Waals surface area (Å²) in [5.41, 5.74) is 0.448. The second kappa shape index (κ2) is 4.21. The second-order valence-electron chi connectivity index (χ2n) is 3.54. The van der Waals surface area contributed by atoms with Crippen molar-refractivity contribution < 1.29 is 17.9 Å². The van der Waals surface area contributed by atoms with Crippen LogP contribution in [0.15, 0.2) is 22.8 Å². The van der Waals surface area contributed by atoms with Crippen molar-refractivity contribution >= 4 is 26.8 Å². The lowest BCUT2D eigenvalue weighted by atomic mass is 10.2. The highest BCUT2D eigenvalue weighted by atomic mass is 79.9. The maximum Gasteiger partial charge on any atom is 0.425 e. The summed E-state index contributed by atoms with van der Waals surface area (Å²) in [6, 6.07) is 3.21. The standard InChI is InChI=1S/C10H8BrF3N2O/c1-5(10(12,13)14)17-8-3-7(11)2-6-4-15-16-9(6)8/h2-5H,1H3,(H,15,16). The molecule has 1 atom stereocenters. The lowest BCUT2D eigenvalue weighted by Gasteiger charge is -2.18. The van der Waals surface area contributed by atoms with Crippen molar-refractivity contribution in [1.29, 1.82) is 0 Å². The molecule has 2 rings (SSSR count). The van der Waals surface area contributed by atoms with Gasteiger partial charge in [0.2, 0.25) is 0 Å². The Labute approximate surface area is 103 Å². The highest BCUT2D eigenvalue weighted by Crippen LogP contribution is 2.32. The number of fused-ring (bicyclic) bond motifs is 1. The first-order valence-corrected chi connectivity index (χ1v) is 5.53. The highest BCUT2D eigenvalue weighted by molar-refractivity contribution is 9.10. The molecule has 1 N–H and O–H groups in total. The predicted molar refractivity (Wildman–Crippen MR) is 59.9 cm³/mol. The Kier molecular flexibility index (Phi) is 3.03. The summed E-state index contributed by atoms with van der Waals surface area (Å²) < 4.78 is 42.7. The van der Waals surface area contributed by atoms with Crippen molar-refractivity contribution in [2.75, 3.05) is 0 Å². The molecule has 92 valence electrons.